The standard InChI is InChI=1S/C25H26N6O2/c1-30-15-19(7-10-22(30)32)25(33)31-14-12-18(16-31)21-9-8-20-23(28-29-24(20)27-21)26-13-11-17-5-3-2-4-6-17/h2-10,15,18H,11-14,16H2,1H3,(H2,26,27,28,29)/t18-/m0/s1. The molecule has 168 valence electrons. The monoisotopic (exact) mass is 442 g/mol. The fourth-order valence-electron chi connectivity index (χ4n) is 4.34. The largest absolute Gasteiger partial charge is 0.368 e. The number of fused-ring (bicyclic) bond motifs is 1. The summed E-state index contributed by atoms with van der Waals surface area (Å²) in [5.41, 5.74) is 3.39. The Bertz CT molecular complexity index is 1340. The minimum absolute atomic E-state index is 0.0550. The van der Waals surface area contributed by atoms with Gasteiger partial charge < -0.3 is 14.8 Å². The van der Waals surface area contributed by atoms with Gasteiger partial charge in [0.05, 0.1) is 10.9 Å². The molecule has 8 nitrogen and oxygen atoms in total. The number of benzene rings is 1. The maximum Gasteiger partial charge on any atom is 0.255 e. The first-order valence-electron chi connectivity index (χ1n) is 11.2. The van der Waals surface area contributed by atoms with E-state index in [2.05, 4.69) is 27.6 Å². The molecule has 3 aromatic heterocycles. The number of aryl methyl sites for hydroxylation is 1. The zero-order chi connectivity index (χ0) is 22.8. The van der Waals surface area contributed by atoms with Crippen molar-refractivity contribution in [1.29, 1.82) is 0 Å². The van der Waals surface area contributed by atoms with Gasteiger partial charge in [-0.25, -0.2) is 4.98 Å². The highest BCUT2D eigenvalue weighted by atomic mass is 16.2. The predicted molar refractivity (Wildman–Crippen MR) is 127 cm³/mol. The SMILES string of the molecule is Cn1cc(C(=O)N2CC[C@H](c3ccc4c(NCCc5ccccc5)n[nH]c4n3)C2)ccc1=O. The van der Waals surface area contributed by atoms with Crippen molar-refractivity contribution in [3.63, 3.8) is 0 Å². The Kier molecular flexibility index (Phi) is 5.64. The van der Waals surface area contributed by atoms with Crippen LogP contribution in [0.15, 0.2) is 65.6 Å². The Labute approximate surface area is 191 Å². The summed E-state index contributed by atoms with van der Waals surface area (Å²) >= 11 is 0. The summed E-state index contributed by atoms with van der Waals surface area (Å²) in [6.07, 6.45) is 3.37. The maximum atomic E-state index is 12.9. The zero-order valence-corrected chi connectivity index (χ0v) is 18.5. The molecule has 0 unspecified atom stereocenters. The first-order valence-corrected chi connectivity index (χ1v) is 11.2. The molecule has 1 saturated heterocycles. The molecule has 0 spiro atoms. The normalized spacial score (nSPS) is 15.8. The number of carbonyl (C=O) groups is 1. The summed E-state index contributed by atoms with van der Waals surface area (Å²) in [7, 11) is 1.65. The van der Waals surface area contributed by atoms with Crippen molar-refractivity contribution in [2.75, 3.05) is 25.0 Å². The van der Waals surface area contributed by atoms with Gasteiger partial charge in [-0.15, -0.1) is 0 Å². The Hall–Kier alpha value is -3.94. The van der Waals surface area contributed by atoms with E-state index in [-0.39, 0.29) is 17.4 Å². The summed E-state index contributed by atoms with van der Waals surface area (Å²) in [4.78, 5) is 31.1. The number of hydrogen-bond acceptors (Lipinski definition) is 5. The number of likely N-dealkylation sites (tertiary alicyclic amines) is 1. The fourth-order valence-corrected chi connectivity index (χ4v) is 4.34. The molecule has 1 aliphatic heterocycles. The van der Waals surface area contributed by atoms with Crippen molar-refractivity contribution in [1.82, 2.24) is 24.6 Å². The number of hydrogen-bond donors (Lipinski definition) is 2. The molecular formula is C25H26N6O2. The number of aromatic nitrogens is 4. The molecule has 1 atom stereocenters. The van der Waals surface area contributed by atoms with E-state index in [1.807, 2.05) is 35.2 Å². The number of amides is 1. The smallest absolute Gasteiger partial charge is 0.255 e. The van der Waals surface area contributed by atoms with Crippen molar-refractivity contribution in [3.8, 4) is 0 Å². The third-order valence-electron chi connectivity index (χ3n) is 6.22. The van der Waals surface area contributed by atoms with Gasteiger partial charge in [0.2, 0.25) is 5.56 Å². The van der Waals surface area contributed by atoms with Crippen LogP contribution in [-0.2, 0) is 13.5 Å². The predicted octanol–water partition coefficient (Wildman–Crippen LogP) is 2.94. The van der Waals surface area contributed by atoms with Gasteiger partial charge in [0.15, 0.2) is 11.5 Å². The van der Waals surface area contributed by atoms with Crippen molar-refractivity contribution in [3.05, 3.63) is 88.0 Å². The molecule has 0 radical (unpaired) electrons. The summed E-state index contributed by atoms with van der Waals surface area (Å²) in [6.45, 7) is 2.06. The first kappa shape index (κ1) is 20.9. The number of H-pyrrole nitrogens is 1. The van der Waals surface area contributed by atoms with Gasteiger partial charge in [0, 0.05) is 50.6 Å². The lowest BCUT2D eigenvalue weighted by molar-refractivity contribution is 0.0789. The molecule has 4 heterocycles. The summed E-state index contributed by atoms with van der Waals surface area (Å²) in [5, 5.41) is 11.8. The van der Waals surface area contributed by atoms with E-state index in [4.69, 9.17) is 4.98 Å². The van der Waals surface area contributed by atoms with E-state index in [1.54, 1.807) is 19.3 Å². The van der Waals surface area contributed by atoms with Crippen LogP contribution in [0.25, 0.3) is 11.0 Å². The molecule has 5 rings (SSSR count). The molecule has 1 fully saturated rings. The van der Waals surface area contributed by atoms with E-state index in [0.29, 0.717) is 18.7 Å². The average Bonchev–Trinajstić information content (AvgIpc) is 3.48. The van der Waals surface area contributed by atoms with Gasteiger partial charge in [0.25, 0.3) is 5.91 Å². The lowest BCUT2D eigenvalue weighted by Gasteiger charge is -2.17. The van der Waals surface area contributed by atoms with Crippen molar-refractivity contribution in [2.45, 2.75) is 18.8 Å². The Balaban J connectivity index is 1.24. The van der Waals surface area contributed by atoms with Crippen LogP contribution in [-0.4, -0.2) is 50.2 Å². The van der Waals surface area contributed by atoms with Gasteiger partial charge >= 0.3 is 0 Å². The lowest BCUT2D eigenvalue weighted by Crippen LogP contribution is -2.30. The minimum atomic E-state index is -0.128. The molecular weight excluding hydrogens is 416 g/mol. The van der Waals surface area contributed by atoms with E-state index < -0.39 is 0 Å². The number of aromatic amines is 1. The van der Waals surface area contributed by atoms with Crippen LogP contribution < -0.4 is 10.9 Å². The lowest BCUT2D eigenvalue weighted by atomic mass is 10.0. The van der Waals surface area contributed by atoms with E-state index >= 15 is 0 Å². The Morgan fingerprint density at radius 2 is 2.00 bits per heavy atom. The number of nitrogens with zero attached hydrogens (tertiary/aromatic N) is 4. The molecule has 1 amide bonds. The second-order valence-corrected chi connectivity index (χ2v) is 8.47. The highest BCUT2D eigenvalue weighted by Gasteiger charge is 2.29. The van der Waals surface area contributed by atoms with Crippen molar-refractivity contribution in [2.24, 2.45) is 7.05 Å². The molecule has 0 saturated carbocycles. The van der Waals surface area contributed by atoms with Crippen LogP contribution in [0, 0.1) is 0 Å². The third-order valence-corrected chi connectivity index (χ3v) is 6.22. The fraction of sp³-hybridized carbons (Fsp3) is 0.280. The topological polar surface area (TPSA) is 95.9 Å². The number of nitrogens with one attached hydrogen (secondary N) is 2. The van der Waals surface area contributed by atoms with E-state index in [1.165, 1.54) is 16.2 Å². The Morgan fingerprint density at radius 1 is 1.15 bits per heavy atom. The summed E-state index contributed by atoms with van der Waals surface area (Å²) in [5.74, 6) is 0.919. The molecule has 1 aromatic carbocycles. The molecule has 4 aromatic rings. The van der Waals surface area contributed by atoms with Crippen LogP contribution in [0.3, 0.4) is 0 Å². The Morgan fingerprint density at radius 3 is 2.82 bits per heavy atom. The highest BCUT2D eigenvalue weighted by molar-refractivity contribution is 5.94. The number of anilines is 1. The maximum absolute atomic E-state index is 12.9. The first-order chi connectivity index (χ1) is 16.1. The molecule has 0 aliphatic carbocycles. The van der Waals surface area contributed by atoms with Crippen LogP contribution in [0.1, 0.15) is 34.0 Å². The van der Waals surface area contributed by atoms with Gasteiger partial charge in [-0.2, -0.15) is 5.10 Å². The quantitative estimate of drug-likeness (QED) is 0.479. The second kappa shape index (κ2) is 8.90. The molecule has 0 bridgehead atoms. The third kappa shape index (κ3) is 4.37. The van der Waals surface area contributed by atoms with Crippen LogP contribution >= 0.6 is 0 Å². The van der Waals surface area contributed by atoms with Gasteiger partial charge in [-0.3, -0.25) is 14.7 Å². The second-order valence-electron chi connectivity index (χ2n) is 8.47. The minimum Gasteiger partial charge on any atom is -0.368 e. The van der Waals surface area contributed by atoms with Crippen LogP contribution in [0.4, 0.5) is 5.82 Å². The summed E-state index contributed by atoms with van der Waals surface area (Å²) in [6, 6.07) is 17.5. The average molecular weight is 443 g/mol. The summed E-state index contributed by atoms with van der Waals surface area (Å²) < 4.78 is 1.43. The molecule has 33 heavy (non-hydrogen) atoms. The van der Waals surface area contributed by atoms with Crippen LogP contribution in [0.5, 0.6) is 0 Å². The number of rotatable bonds is 6. The van der Waals surface area contributed by atoms with Crippen molar-refractivity contribution >= 4 is 22.8 Å². The van der Waals surface area contributed by atoms with Gasteiger partial charge in [-0.05, 0) is 36.6 Å². The van der Waals surface area contributed by atoms with Crippen LogP contribution in [0.2, 0.25) is 0 Å². The van der Waals surface area contributed by atoms with E-state index in [0.717, 1.165) is 41.9 Å². The molecule has 2 N–H and O–H groups in total. The van der Waals surface area contributed by atoms with E-state index in [9.17, 15) is 9.59 Å². The van der Waals surface area contributed by atoms with Gasteiger partial charge in [0.1, 0.15) is 0 Å². The zero-order valence-electron chi connectivity index (χ0n) is 18.5. The molecule has 1 aliphatic rings. The number of carbonyl (C=O) groups excluding carboxylic acids is 1. The molecule has 8 heteroatoms. The number of pyridine rings is 2. The highest BCUT2D eigenvalue weighted by Crippen LogP contribution is 2.29. The van der Waals surface area contributed by atoms with Gasteiger partial charge in [-0.1, -0.05) is 30.3 Å². The van der Waals surface area contributed by atoms with Crippen molar-refractivity contribution < 1.29 is 4.79 Å².